The van der Waals surface area contributed by atoms with Crippen LogP contribution >= 0.6 is 7.82 Å². The number of phosphoric acid groups is 1. The highest BCUT2D eigenvalue weighted by atomic mass is 31.2. The van der Waals surface area contributed by atoms with Crippen molar-refractivity contribution in [2.45, 2.75) is 303 Å². The van der Waals surface area contributed by atoms with Crippen molar-refractivity contribution < 1.29 is 37.3 Å². The van der Waals surface area contributed by atoms with Gasteiger partial charge in [-0.2, -0.15) is 0 Å². The number of likely N-dealkylation sites (N-methyl/N-ethyl adjacent to an activating group) is 1. The molecule has 0 aromatic rings. The fourth-order valence-electron chi connectivity index (χ4n) is 9.21. The fraction of sp³-hybridized carbons (Fsp3) is 0.768. The summed E-state index contributed by atoms with van der Waals surface area (Å²) in [6.45, 7) is 6.78. The summed E-state index contributed by atoms with van der Waals surface area (Å²) in [6, 6.07) is -0.916. The number of nitrogens with zero attached hydrogens (tertiary/aromatic N) is 1. The molecule has 0 bridgehead atoms. The lowest BCUT2D eigenvalue weighted by Gasteiger charge is -2.30. The minimum Gasteiger partial charge on any atom is -0.756 e. The highest BCUT2D eigenvalue weighted by Crippen LogP contribution is 2.38. The van der Waals surface area contributed by atoms with Crippen LogP contribution in [0.5, 0.6) is 0 Å². The molecule has 0 heterocycles. The Labute approximate surface area is 488 Å². The molecule has 0 aromatic heterocycles. The maximum absolute atomic E-state index is 13.6. The molecule has 0 aromatic carbocycles. The zero-order chi connectivity index (χ0) is 57.9. The Morgan fingerprint density at radius 3 is 1.20 bits per heavy atom. The molecule has 79 heavy (non-hydrogen) atoms. The summed E-state index contributed by atoms with van der Waals surface area (Å²) in [5, 5.41) is 3.02. The molecule has 9 nitrogen and oxygen atoms in total. The Bertz CT molecular complexity index is 1630. The third-order valence-electron chi connectivity index (χ3n) is 14.3. The summed E-state index contributed by atoms with van der Waals surface area (Å²) < 4.78 is 30.3. The number of carbonyl (C=O) groups is 2. The van der Waals surface area contributed by atoms with Crippen LogP contribution in [-0.4, -0.2) is 69.4 Å². The average molecular weight is 1130 g/mol. The van der Waals surface area contributed by atoms with Crippen LogP contribution in [0.15, 0.2) is 85.1 Å². The molecule has 1 N–H and O–H groups in total. The van der Waals surface area contributed by atoms with E-state index < -0.39 is 32.5 Å². The maximum atomic E-state index is 13.6. The molecule has 3 atom stereocenters. The Balaban J connectivity index is 5.13. The first-order valence-electron chi connectivity index (χ1n) is 32.9. The van der Waals surface area contributed by atoms with E-state index in [9.17, 15) is 19.0 Å². The predicted octanol–water partition coefficient (Wildman–Crippen LogP) is 19.9. The van der Waals surface area contributed by atoms with Gasteiger partial charge in [0.2, 0.25) is 5.91 Å². The first-order valence-corrected chi connectivity index (χ1v) is 34.4. The van der Waals surface area contributed by atoms with Gasteiger partial charge in [-0.05, 0) is 96.0 Å². The monoisotopic (exact) mass is 1120 g/mol. The van der Waals surface area contributed by atoms with Crippen molar-refractivity contribution in [2.75, 3.05) is 40.9 Å². The van der Waals surface area contributed by atoms with E-state index in [0.29, 0.717) is 23.9 Å². The van der Waals surface area contributed by atoms with Gasteiger partial charge in [0, 0.05) is 12.8 Å². The van der Waals surface area contributed by atoms with Crippen LogP contribution in [0.1, 0.15) is 290 Å². The molecule has 458 valence electrons. The van der Waals surface area contributed by atoms with Gasteiger partial charge >= 0.3 is 5.97 Å². The number of amides is 1. The first kappa shape index (κ1) is 76.2. The summed E-state index contributed by atoms with van der Waals surface area (Å²) in [5.74, 6) is -0.620. The highest BCUT2D eigenvalue weighted by Gasteiger charge is 2.27. The minimum absolute atomic E-state index is 0.0329. The van der Waals surface area contributed by atoms with Crippen LogP contribution in [0, 0.1) is 0 Å². The number of rotatable bonds is 59. The smallest absolute Gasteiger partial charge is 0.306 e. The van der Waals surface area contributed by atoms with Crippen molar-refractivity contribution in [1.29, 1.82) is 0 Å². The number of hydrogen-bond donors (Lipinski definition) is 1. The molecule has 3 unspecified atom stereocenters. The van der Waals surface area contributed by atoms with Gasteiger partial charge in [0.25, 0.3) is 7.82 Å². The van der Waals surface area contributed by atoms with Crippen LogP contribution in [0.2, 0.25) is 0 Å². The van der Waals surface area contributed by atoms with Gasteiger partial charge in [0.15, 0.2) is 0 Å². The van der Waals surface area contributed by atoms with Crippen molar-refractivity contribution in [1.82, 2.24) is 5.32 Å². The Morgan fingerprint density at radius 1 is 0.443 bits per heavy atom. The van der Waals surface area contributed by atoms with Crippen molar-refractivity contribution in [3.05, 3.63) is 85.1 Å². The van der Waals surface area contributed by atoms with Gasteiger partial charge in [-0.1, -0.05) is 267 Å². The number of hydrogen-bond acceptors (Lipinski definition) is 7. The third-order valence-corrected chi connectivity index (χ3v) is 15.3. The number of carbonyl (C=O) groups excluding carboxylic acids is 2. The minimum atomic E-state index is -4.71. The molecular formula is C69H125N2O7P. The quantitative estimate of drug-likeness (QED) is 0.0212. The molecule has 0 rings (SSSR count). The van der Waals surface area contributed by atoms with Gasteiger partial charge in [0.1, 0.15) is 19.3 Å². The van der Waals surface area contributed by atoms with E-state index in [1.807, 2.05) is 39.4 Å². The molecule has 0 aliphatic heterocycles. The van der Waals surface area contributed by atoms with Gasteiger partial charge in [-0.3, -0.25) is 14.2 Å². The molecule has 0 fully saturated rings. The second-order valence-corrected chi connectivity index (χ2v) is 24.7. The molecular weight excluding hydrogens is 1000 g/mol. The van der Waals surface area contributed by atoms with Crippen LogP contribution < -0.4 is 10.2 Å². The normalized spacial score (nSPS) is 14.2. The number of phosphoric ester groups is 1. The van der Waals surface area contributed by atoms with E-state index in [-0.39, 0.29) is 18.9 Å². The largest absolute Gasteiger partial charge is 0.756 e. The number of allylic oxidation sites excluding steroid dienone is 13. The number of quaternary nitrogens is 1. The van der Waals surface area contributed by atoms with Crippen molar-refractivity contribution in [3.63, 3.8) is 0 Å². The van der Waals surface area contributed by atoms with E-state index in [1.165, 1.54) is 173 Å². The second-order valence-electron chi connectivity index (χ2n) is 23.3. The summed E-state index contributed by atoms with van der Waals surface area (Å²) in [6.07, 6.45) is 77.1. The van der Waals surface area contributed by atoms with Gasteiger partial charge < -0.3 is 28.5 Å². The standard InChI is InChI=1S/C69H125N2O7P/c1-7-10-13-16-19-22-25-28-29-30-31-32-33-34-35-36-37-38-39-40-41-44-46-49-52-55-58-61-68(72)70-66(65-77-79(74,75)76-64-63-71(4,5)6)67(60-57-54-51-48-45-42-26-23-20-17-14-11-8-2)78-69(73)62-59-56-53-50-47-43-27-24-21-18-15-12-9-3/h19,22,28-29,31-32,34-35,43,47,53,56-57,60,66-67H,7-18,20-21,23-27,30,33,36-42,44-46,48-52,54-55,58-59,61-65H2,1-6H3,(H-,70,72,74,75)/b22-19-,29-28-,32-31-,35-34-,47-43-,56-53+,60-57-. The van der Waals surface area contributed by atoms with Crippen LogP contribution in [-0.2, 0) is 27.9 Å². The first-order chi connectivity index (χ1) is 38.4. The lowest BCUT2D eigenvalue weighted by molar-refractivity contribution is -0.870. The molecule has 0 radical (unpaired) electrons. The molecule has 0 spiro atoms. The van der Waals surface area contributed by atoms with E-state index in [1.54, 1.807) is 0 Å². The van der Waals surface area contributed by atoms with Gasteiger partial charge in [-0.25, -0.2) is 0 Å². The van der Waals surface area contributed by atoms with Gasteiger partial charge in [0.05, 0.1) is 33.8 Å². The van der Waals surface area contributed by atoms with E-state index >= 15 is 0 Å². The van der Waals surface area contributed by atoms with Crippen molar-refractivity contribution in [3.8, 4) is 0 Å². The number of unbranched alkanes of at least 4 members (excludes halogenated alkanes) is 31. The molecule has 0 saturated heterocycles. The Morgan fingerprint density at radius 2 is 0.785 bits per heavy atom. The van der Waals surface area contributed by atoms with Crippen LogP contribution in [0.25, 0.3) is 0 Å². The van der Waals surface area contributed by atoms with Crippen LogP contribution in [0.4, 0.5) is 0 Å². The molecule has 0 saturated carbocycles. The fourth-order valence-corrected chi connectivity index (χ4v) is 9.93. The topological polar surface area (TPSA) is 114 Å². The van der Waals surface area contributed by atoms with E-state index in [0.717, 1.165) is 77.0 Å². The van der Waals surface area contributed by atoms with Crippen LogP contribution in [0.3, 0.4) is 0 Å². The van der Waals surface area contributed by atoms with Gasteiger partial charge in [-0.15, -0.1) is 0 Å². The predicted molar refractivity (Wildman–Crippen MR) is 339 cm³/mol. The Hall–Kier alpha value is -2.81. The summed E-state index contributed by atoms with van der Waals surface area (Å²) in [5.41, 5.74) is 0. The molecule has 0 aliphatic carbocycles. The summed E-state index contributed by atoms with van der Waals surface area (Å²) in [4.78, 5) is 40.0. The Kier molecular flexibility index (Phi) is 56.3. The van der Waals surface area contributed by atoms with Crippen molar-refractivity contribution in [2.24, 2.45) is 0 Å². The van der Waals surface area contributed by atoms with Crippen molar-refractivity contribution >= 4 is 19.7 Å². The zero-order valence-electron chi connectivity index (χ0n) is 52.3. The van der Waals surface area contributed by atoms with E-state index in [2.05, 4.69) is 92.9 Å². The number of ether oxygens (including phenoxy) is 1. The lowest BCUT2D eigenvalue weighted by Crippen LogP contribution is -2.47. The summed E-state index contributed by atoms with van der Waals surface area (Å²) in [7, 11) is 1.15. The zero-order valence-corrected chi connectivity index (χ0v) is 53.2. The number of esters is 1. The molecule has 1 amide bonds. The van der Waals surface area contributed by atoms with E-state index in [4.69, 9.17) is 13.8 Å². The second kappa shape index (κ2) is 58.4. The average Bonchev–Trinajstić information content (AvgIpc) is 3.41. The molecule has 10 heteroatoms. The number of nitrogens with one attached hydrogen (secondary N) is 1. The lowest BCUT2D eigenvalue weighted by atomic mass is 10.0. The summed E-state index contributed by atoms with van der Waals surface area (Å²) >= 11 is 0. The third kappa shape index (κ3) is 59.6. The molecule has 0 aliphatic rings. The maximum Gasteiger partial charge on any atom is 0.306 e. The SMILES string of the molecule is CCCCC/C=C\C/C=C\C/C=C\C/C=C\CCCCCCCCCCCCCC(=O)NC(COP(=O)([O-])OCC[N+](C)(C)C)C(/C=C\CCCCCCCCCCCCC)OC(=O)CC/C=C/C/C=C\CCCCCCCC. The highest BCUT2D eigenvalue weighted by molar-refractivity contribution is 7.45.